The number of furan rings is 1. The average molecular weight is 474 g/mol. The number of carbonyl (C=O) groups excluding carboxylic acids is 1. The second kappa shape index (κ2) is 9.80. The molecule has 1 aliphatic heterocycles. The summed E-state index contributed by atoms with van der Waals surface area (Å²) < 4.78 is 17.1. The van der Waals surface area contributed by atoms with Crippen LogP contribution in [0.2, 0.25) is 0 Å². The van der Waals surface area contributed by atoms with E-state index >= 15 is 0 Å². The largest absolute Gasteiger partial charge is 0.497 e. The van der Waals surface area contributed by atoms with E-state index in [1.807, 2.05) is 44.2 Å². The number of benzene rings is 2. The minimum absolute atomic E-state index is 0.126. The van der Waals surface area contributed by atoms with Gasteiger partial charge in [0, 0.05) is 40.7 Å². The number of rotatable bonds is 5. The topological polar surface area (TPSA) is 51.9 Å². The minimum atomic E-state index is 0.126. The van der Waals surface area contributed by atoms with Crippen molar-refractivity contribution < 1.29 is 18.7 Å². The summed E-state index contributed by atoms with van der Waals surface area (Å²) in [6.07, 6.45) is 10.9. The van der Waals surface area contributed by atoms with Crippen LogP contribution >= 0.6 is 0 Å². The first-order valence-electron chi connectivity index (χ1n) is 12.7. The van der Waals surface area contributed by atoms with Gasteiger partial charge in [-0.05, 0) is 74.8 Å². The molecule has 2 aromatic carbocycles. The fourth-order valence-electron chi connectivity index (χ4n) is 6.11. The molecule has 1 aliphatic carbocycles. The molecule has 1 amide bonds. The Morgan fingerprint density at radius 3 is 2.54 bits per heavy atom. The molecule has 1 saturated carbocycles. The SMILES string of the molecule is COc1ccc(-c2coc3c(C)c(OC)c(/C(C)=C/C(=O)N4CCCC5CCCCC54)cc23)cc1. The molecule has 2 unspecified atom stereocenters. The molecule has 1 saturated heterocycles. The molecule has 5 nitrogen and oxygen atoms in total. The lowest BCUT2D eigenvalue weighted by Crippen LogP contribution is -2.49. The lowest BCUT2D eigenvalue weighted by Gasteiger charge is -2.43. The molecule has 3 aromatic rings. The third-order valence-electron chi connectivity index (χ3n) is 7.94. The monoisotopic (exact) mass is 473 g/mol. The molecule has 2 fully saturated rings. The van der Waals surface area contributed by atoms with Crippen LogP contribution in [-0.2, 0) is 4.79 Å². The van der Waals surface area contributed by atoms with Gasteiger partial charge in [0.15, 0.2) is 0 Å². The number of ether oxygens (including phenoxy) is 2. The number of amides is 1. The predicted molar refractivity (Wildman–Crippen MR) is 140 cm³/mol. The Balaban J connectivity index is 1.53. The molecule has 5 heteroatoms. The van der Waals surface area contributed by atoms with Crippen LogP contribution in [0.5, 0.6) is 11.5 Å². The van der Waals surface area contributed by atoms with E-state index < -0.39 is 0 Å². The highest BCUT2D eigenvalue weighted by Gasteiger charge is 2.35. The van der Waals surface area contributed by atoms with Gasteiger partial charge in [0.1, 0.15) is 17.1 Å². The molecule has 0 spiro atoms. The molecule has 2 aliphatic rings. The van der Waals surface area contributed by atoms with Crippen molar-refractivity contribution >= 4 is 22.4 Å². The number of likely N-dealkylation sites (tertiary alicyclic amines) is 1. The number of hydrogen-bond acceptors (Lipinski definition) is 4. The maximum Gasteiger partial charge on any atom is 0.247 e. The second-order valence-electron chi connectivity index (χ2n) is 9.95. The van der Waals surface area contributed by atoms with E-state index in [2.05, 4.69) is 11.0 Å². The zero-order valence-electron chi connectivity index (χ0n) is 21.2. The molecule has 2 atom stereocenters. The van der Waals surface area contributed by atoms with Gasteiger partial charge >= 0.3 is 0 Å². The van der Waals surface area contributed by atoms with E-state index in [-0.39, 0.29) is 5.91 Å². The molecule has 0 radical (unpaired) electrons. The van der Waals surface area contributed by atoms with Crippen molar-refractivity contribution in [3.05, 3.63) is 53.8 Å². The van der Waals surface area contributed by atoms with Crippen LogP contribution in [0.25, 0.3) is 27.7 Å². The molecule has 0 bridgehead atoms. The van der Waals surface area contributed by atoms with Gasteiger partial charge < -0.3 is 18.8 Å². The Bertz CT molecular complexity index is 1250. The summed E-state index contributed by atoms with van der Waals surface area (Å²) in [6, 6.07) is 10.5. The van der Waals surface area contributed by atoms with Crippen molar-refractivity contribution in [1.29, 1.82) is 0 Å². The zero-order chi connectivity index (χ0) is 24.5. The van der Waals surface area contributed by atoms with Crippen LogP contribution in [0.3, 0.4) is 0 Å². The van der Waals surface area contributed by atoms with Crippen molar-refractivity contribution in [2.24, 2.45) is 5.92 Å². The van der Waals surface area contributed by atoms with Crippen LogP contribution in [0.1, 0.15) is 56.6 Å². The number of carbonyl (C=O) groups is 1. The summed E-state index contributed by atoms with van der Waals surface area (Å²) in [5, 5.41) is 1.01. The van der Waals surface area contributed by atoms with Gasteiger partial charge in [-0.25, -0.2) is 0 Å². The Morgan fingerprint density at radius 2 is 1.80 bits per heavy atom. The molecular weight excluding hydrogens is 438 g/mol. The van der Waals surface area contributed by atoms with Crippen molar-refractivity contribution in [2.45, 2.75) is 58.4 Å². The van der Waals surface area contributed by atoms with Crippen LogP contribution in [0.4, 0.5) is 0 Å². The fraction of sp³-hybridized carbons (Fsp3) is 0.433. The van der Waals surface area contributed by atoms with Gasteiger partial charge in [-0.15, -0.1) is 0 Å². The van der Waals surface area contributed by atoms with E-state index in [1.165, 1.54) is 25.7 Å². The summed E-state index contributed by atoms with van der Waals surface area (Å²) in [5.41, 5.74) is 5.64. The lowest BCUT2D eigenvalue weighted by atomic mass is 9.78. The highest BCUT2D eigenvalue weighted by atomic mass is 16.5. The average Bonchev–Trinajstić information content (AvgIpc) is 3.32. The van der Waals surface area contributed by atoms with Gasteiger partial charge in [-0.3, -0.25) is 4.79 Å². The van der Waals surface area contributed by atoms with Crippen LogP contribution in [0.15, 0.2) is 47.1 Å². The number of piperidine rings is 1. The summed E-state index contributed by atoms with van der Waals surface area (Å²) in [5.74, 6) is 2.36. The Hall–Kier alpha value is -3.21. The molecule has 5 rings (SSSR count). The summed E-state index contributed by atoms with van der Waals surface area (Å²) in [6.45, 7) is 4.89. The van der Waals surface area contributed by atoms with Crippen LogP contribution in [0, 0.1) is 12.8 Å². The summed E-state index contributed by atoms with van der Waals surface area (Å²) in [7, 11) is 3.34. The first-order valence-corrected chi connectivity index (χ1v) is 12.7. The number of nitrogens with zero attached hydrogens (tertiary/aromatic N) is 1. The number of hydrogen-bond donors (Lipinski definition) is 0. The van der Waals surface area contributed by atoms with Crippen LogP contribution in [-0.4, -0.2) is 37.6 Å². The lowest BCUT2D eigenvalue weighted by molar-refractivity contribution is -0.132. The smallest absolute Gasteiger partial charge is 0.247 e. The molecule has 0 N–H and O–H groups in total. The third kappa shape index (κ3) is 4.33. The zero-order valence-corrected chi connectivity index (χ0v) is 21.2. The highest BCUT2D eigenvalue weighted by molar-refractivity contribution is 6.01. The number of allylic oxidation sites excluding steroid dienone is 1. The quantitative estimate of drug-likeness (QED) is 0.374. The number of fused-ring (bicyclic) bond motifs is 2. The van der Waals surface area contributed by atoms with Crippen molar-refractivity contribution in [1.82, 2.24) is 4.90 Å². The van der Waals surface area contributed by atoms with Gasteiger partial charge in [-0.1, -0.05) is 25.0 Å². The first kappa shape index (κ1) is 23.5. The Morgan fingerprint density at radius 1 is 1.06 bits per heavy atom. The molecule has 35 heavy (non-hydrogen) atoms. The van der Waals surface area contributed by atoms with E-state index in [9.17, 15) is 4.79 Å². The van der Waals surface area contributed by atoms with Crippen molar-refractivity contribution in [3.63, 3.8) is 0 Å². The molecule has 184 valence electrons. The third-order valence-corrected chi connectivity index (χ3v) is 7.94. The van der Waals surface area contributed by atoms with Crippen molar-refractivity contribution in [3.8, 4) is 22.6 Å². The predicted octanol–water partition coefficient (Wildman–Crippen LogP) is 7.01. The van der Waals surface area contributed by atoms with Gasteiger partial charge in [0.25, 0.3) is 0 Å². The van der Waals surface area contributed by atoms with Gasteiger partial charge in [0.2, 0.25) is 5.91 Å². The molecule has 1 aromatic heterocycles. The summed E-state index contributed by atoms with van der Waals surface area (Å²) in [4.78, 5) is 15.6. The van der Waals surface area contributed by atoms with Gasteiger partial charge in [-0.2, -0.15) is 0 Å². The Kier molecular flexibility index (Phi) is 6.59. The number of aryl methyl sites for hydroxylation is 1. The Labute approximate surface area is 207 Å². The first-order chi connectivity index (χ1) is 17.0. The molecular formula is C30H35NO4. The fourth-order valence-corrected chi connectivity index (χ4v) is 6.11. The maximum absolute atomic E-state index is 13.5. The maximum atomic E-state index is 13.5. The van der Waals surface area contributed by atoms with E-state index in [0.717, 1.165) is 69.7 Å². The minimum Gasteiger partial charge on any atom is -0.497 e. The van der Waals surface area contributed by atoms with E-state index in [1.54, 1.807) is 20.5 Å². The normalized spacial score (nSPS) is 20.6. The van der Waals surface area contributed by atoms with Gasteiger partial charge in [0.05, 0.1) is 20.5 Å². The highest BCUT2D eigenvalue weighted by Crippen LogP contribution is 2.41. The van der Waals surface area contributed by atoms with Crippen molar-refractivity contribution in [2.75, 3.05) is 20.8 Å². The number of methoxy groups -OCH3 is 2. The molecule has 2 heterocycles. The van der Waals surface area contributed by atoms with E-state index in [0.29, 0.717) is 12.0 Å². The van der Waals surface area contributed by atoms with Crippen LogP contribution < -0.4 is 9.47 Å². The summed E-state index contributed by atoms with van der Waals surface area (Å²) >= 11 is 0. The second-order valence-corrected chi connectivity index (χ2v) is 9.95. The standard InChI is InChI=1S/C30H35NO4/c1-19(16-28(32)31-15-7-9-22-8-5-6-10-27(22)31)24-17-25-26(21-11-13-23(33-3)14-12-21)18-35-30(25)20(2)29(24)34-4/h11-14,16-18,22,27H,5-10,15H2,1-4H3/b19-16+. The van der Waals surface area contributed by atoms with E-state index in [4.69, 9.17) is 13.9 Å².